The molecular weight excluding hydrogens is 174 g/mol. The maximum atomic E-state index is 4.34. The summed E-state index contributed by atoms with van der Waals surface area (Å²) in [5.74, 6) is 5.87. The fourth-order valence-corrected chi connectivity index (χ4v) is 1.56. The van der Waals surface area contributed by atoms with Gasteiger partial charge >= 0.3 is 0 Å². The van der Waals surface area contributed by atoms with E-state index < -0.39 is 0 Å². The lowest BCUT2D eigenvalue weighted by atomic mass is 10.1. The van der Waals surface area contributed by atoms with Crippen molar-refractivity contribution in [3.05, 3.63) is 23.7 Å². The van der Waals surface area contributed by atoms with Gasteiger partial charge in [0.1, 0.15) is 5.69 Å². The third kappa shape index (κ3) is 1.16. The summed E-state index contributed by atoms with van der Waals surface area (Å²) in [6.07, 6.45) is 3.65. The van der Waals surface area contributed by atoms with Crippen molar-refractivity contribution in [1.82, 2.24) is 14.8 Å². The van der Waals surface area contributed by atoms with E-state index in [1.54, 1.807) is 0 Å². The summed E-state index contributed by atoms with van der Waals surface area (Å²) in [7, 11) is 1.91. The first-order valence-corrected chi connectivity index (χ1v) is 4.44. The molecular formula is C11H11N3. The number of hydrogen-bond donors (Lipinski definition) is 0. The van der Waals surface area contributed by atoms with Crippen molar-refractivity contribution in [3.8, 4) is 11.8 Å². The number of rotatable bonds is 0. The van der Waals surface area contributed by atoms with Gasteiger partial charge in [-0.3, -0.25) is 9.67 Å². The van der Waals surface area contributed by atoms with Crippen LogP contribution < -0.4 is 0 Å². The van der Waals surface area contributed by atoms with Crippen LogP contribution in [0.4, 0.5) is 0 Å². The Labute approximate surface area is 82.8 Å². The van der Waals surface area contributed by atoms with Gasteiger partial charge in [-0.15, -0.1) is 0 Å². The maximum Gasteiger partial charge on any atom is 0.143 e. The first-order chi connectivity index (χ1) is 6.74. The zero-order chi connectivity index (χ0) is 10.1. The molecule has 0 N–H and O–H groups in total. The molecule has 0 radical (unpaired) electrons. The third-order valence-corrected chi connectivity index (χ3v) is 2.19. The Balaban J connectivity index is 2.90. The molecule has 2 rings (SSSR count). The minimum Gasteiger partial charge on any atom is -0.265 e. The van der Waals surface area contributed by atoms with Gasteiger partial charge in [0.05, 0.1) is 11.7 Å². The molecule has 0 aliphatic rings. The number of aromatic nitrogens is 3. The Morgan fingerprint density at radius 1 is 1.36 bits per heavy atom. The molecule has 3 heteroatoms. The van der Waals surface area contributed by atoms with Crippen molar-refractivity contribution in [3.63, 3.8) is 0 Å². The summed E-state index contributed by atoms with van der Waals surface area (Å²) in [5.41, 5.74) is 2.99. The molecule has 0 fully saturated rings. The predicted molar refractivity (Wildman–Crippen MR) is 55.8 cm³/mol. The van der Waals surface area contributed by atoms with Crippen molar-refractivity contribution < 1.29 is 0 Å². The van der Waals surface area contributed by atoms with Crippen molar-refractivity contribution in [2.45, 2.75) is 13.8 Å². The number of nitrogens with zero attached hydrogens (tertiary/aromatic N) is 3. The number of fused-ring (bicyclic) bond motifs is 1. The van der Waals surface area contributed by atoms with E-state index in [4.69, 9.17) is 0 Å². The summed E-state index contributed by atoms with van der Waals surface area (Å²) < 4.78 is 1.81. The van der Waals surface area contributed by atoms with Gasteiger partial charge in [0.15, 0.2) is 0 Å². The summed E-state index contributed by atoms with van der Waals surface area (Å²) >= 11 is 0. The van der Waals surface area contributed by atoms with E-state index in [-0.39, 0.29) is 0 Å². The van der Waals surface area contributed by atoms with E-state index >= 15 is 0 Å². The lowest BCUT2D eigenvalue weighted by molar-refractivity contribution is 0.790. The van der Waals surface area contributed by atoms with Crippen molar-refractivity contribution in [2.75, 3.05) is 0 Å². The van der Waals surface area contributed by atoms with Gasteiger partial charge in [0.2, 0.25) is 0 Å². The number of pyridine rings is 1. The number of aryl methyl sites for hydroxylation is 2. The van der Waals surface area contributed by atoms with Gasteiger partial charge in [-0.25, -0.2) is 0 Å². The van der Waals surface area contributed by atoms with Crippen LogP contribution in [-0.2, 0) is 7.05 Å². The summed E-state index contributed by atoms with van der Waals surface area (Å²) in [6, 6.07) is 0. The molecule has 0 aliphatic heterocycles. The average molecular weight is 185 g/mol. The lowest BCUT2D eigenvalue weighted by Crippen LogP contribution is -1.89. The molecule has 14 heavy (non-hydrogen) atoms. The monoisotopic (exact) mass is 185 g/mol. The fourth-order valence-electron chi connectivity index (χ4n) is 1.56. The normalized spacial score (nSPS) is 9.93. The van der Waals surface area contributed by atoms with Crippen LogP contribution in [0.25, 0.3) is 10.9 Å². The fraction of sp³-hybridized carbons (Fsp3) is 0.273. The topological polar surface area (TPSA) is 30.7 Å². The SMILES string of the molecule is CC#Cc1nn(C)c2cncc(C)c12. The maximum absolute atomic E-state index is 4.34. The van der Waals surface area contributed by atoms with E-state index in [0.717, 1.165) is 22.2 Å². The second-order valence-corrected chi connectivity index (χ2v) is 3.20. The molecule has 0 amide bonds. The molecule has 0 aliphatic carbocycles. The van der Waals surface area contributed by atoms with Crippen molar-refractivity contribution in [1.29, 1.82) is 0 Å². The summed E-state index contributed by atoms with van der Waals surface area (Å²) in [5, 5.41) is 5.45. The molecule has 0 bridgehead atoms. The molecule has 0 saturated heterocycles. The molecule has 0 unspecified atom stereocenters. The first-order valence-electron chi connectivity index (χ1n) is 4.44. The Kier molecular flexibility index (Phi) is 1.97. The van der Waals surface area contributed by atoms with Crippen LogP contribution in [0.5, 0.6) is 0 Å². The van der Waals surface area contributed by atoms with E-state index in [1.807, 2.05) is 38.0 Å². The second-order valence-electron chi connectivity index (χ2n) is 3.20. The first kappa shape index (κ1) is 8.76. The van der Waals surface area contributed by atoms with E-state index in [1.165, 1.54) is 0 Å². The van der Waals surface area contributed by atoms with Crippen LogP contribution in [0.3, 0.4) is 0 Å². The Hall–Kier alpha value is -1.82. The predicted octanol–water partition coefficient (Wildman–Crippen LogP) is 1.65. The molecule has 0 saturated carbocycles. The van der Waals surface area contributed by atoms with Crippen LogP contribution >= 0.6 is 0 Å². The van der Waals surface area contributed by atoms with Gasteiger partial charge in [-0.05, 0) is 25.3 Å². The summed E-state index contributed by atoms with van der Waals surface area (Å²) in [4.78, 5) is 4.14. The zero-order valence-corrected chi connectivity index (χ0v) is 8.50. The van der Waals surface area contributed by atoms with Gasteiger partial charge in [-0.1, -0.05) is 5.92 Å². The summed E-state index contributed by atoms with van der Waals surface area (Å²) in [6.45, 7) is 3.84. The average Bonchev–Trinajstić information content (AvgIpc) is 2.46. The largest absolute Gasteiger partial charge is 0.265 e. The lowest BCUT2D eigenvalue weighted by Gasteiger charge is -1.94. The quantitative estimate of drug-likeness (QED) is 0.584. The Morgan fingerprint density at radius 2 is 2.14 bits per heavy atom. The third-order valence-electron chi connectivity index (χ3n) is 2.19. The highest BCUT2D eigenvalue weighted by Crippen LogP contribution is 2.19. The minimum absolute atomic E-state index is 0.838. The number of hydrogen-bond acceptors (Lipinski definition) is 2. The standard InChI is InChI=1S/C11H11N3/c1-4-5-9-11-8(2)6-12-7-10(11)14(3)13-9/h6-7H,1-3H3. The van der Waals surface area contributed by atoms with Gasteiger partial charge in [0, 0.05) is 18.6 Å². The van der Waals surface area contributed by atoms with Crippen LogP contribution in [0.1, 0.15) is 18.2 Å². The van der Waals surface area contributed by atoms with Crippen molar-refractivity contribution >= 4 is 10.9 Å². The van der Waals surface area contributed by atoms with Crippen LogP contribution in [0.15, 0.2) is 12.4 Å². The van der Waals surface area contributed by atoms with E-state index in [0.29, 0.717) is 0 Å². The van der Waals surface area contributed by atoms with Crippen molar-refractivity contribution in [2.24, 2.45) is 7.05 Å². The minimum atomic E-state index is 0.838. The Morgan fingerprint density at radius 3 is 2.86 bits per heavy atom. The van der Waals surface area contributed by atoms with Gasteiger partial charge in [-0.2, -0.15) is 5.10 Å². The molecule has 2 aromatic heterocycles. The smallest absolute Gasteiger partial charge is 0.143 e. The highest BCUT2D eigenvalue weighted by atomic mass is 15.3. The molecule has 2 heterocycles. The molecule has 0 spiro atoms. The highest BCUT2D eigenvalue weighted by Gasteiger charge is 2.08. The van der Waals surface area contributed by atoms with E-state index in [2.05, 4.69) is 21.9 Å². The molecule has 0 aromatic carbocycles. The second kappa shape index (κ2) is 3.15. The van der Waals surface area contributed by atoms with Gasteiger partial charge < -0.3 is 0 Å². The van der Waals surface area contributed by atoms with Crippen LogP contribution in [0.2, 0.25) is 0 Å². The zero-order valence-electron chi connectivity index (χ0n) is 8.50. The van der Waals surface area contributed by atoms with Gasteiger partial charge in [0.25, 0.3) is 0 Å². The highest BCUT2D eigenvalue weighted by molar-refractivity contribution is 5.86. The molecule has 2 aromatic rings. The molecule has 0 atom stereocenters. The van der Waals surface area contributed by atoms with Crippen LogP contribution in [0, 0.1) is 18.8 Å². The molecule has 3 nitrogen and oxygen atoms in total. The molecule has 70 valence electrons. The van der Waals surface area contributed by atoms with E-state index in [9.17, 15) is 0 Å². The van der Waals surface area contributed by atoms with Crippen LogP contribution in [-0.4, -0.2) is 14.8 Å². The Bertz CT molecular complexity index is 541.